The van der Waals surface area contributed by atoms with Gasteiger partial charge in [-0.05, 0) is 0 Å². The maximum absolute atomic E-state index is 9.10. The summed E-state index contributed by atoms with van der Waals surface area (Å²) in [6.07, 6.45) is 0. The van der Waals surface area contributed by atoms with Crippen molar-refractivity contribution in [1.29, 1.82) is 0 Å². The Morgan fingerprint density at radius 2 is 0.643 bits per heavy atom. The third-order valence-electron chi connectivity index (χ3n) is 0.366. The fourth-order valence-corrected chi connectivity index (χ4v) is 0. The Balaban J connectivity index is -0.0000000625. The van der Waals surface area contributed by atoms with E-state index in [1.165, 1.54) is 0 Å². The molecule has 0 bridgehead atoms. The molecule has 14 heavy (non-hydrogen) atoms. The van der Waals surface area contributed by atoms with E-state index in [1.807, 2.05) is 0 Å². The summed E-state index contributed by atoms with van der Waals surface area (Å²) in [6, 6.07) is 0. The van der Waals surface area contributed by atoms with Crippen molar-refractivity contribution in [3.8, 4) is 0 Å². The van der Waals surface area contributed by atoms with Crippen LogP contribution in [0.1, 0.15) is 0 Å². The van der Waals surface area contributed by atoms with E-state index in [-0.39, 0.29) is 36.5 Å². The van der Waals surface area contributed by atoms with Gasteiger partial charge in [0.1, 0.15) is 0 Å². The van der Waals surface area contributed by atoms with Gasteiger partial charge in [-0.25, -0.2) is 19.2 Å². The fourth-order valence-electron chi connectivity index (χ4n) is 0. The van der Waals surface area contributed by atoms with Gasteiger partial charge in [0, 0.05) is 36.5 Å². The summed E-state index contributed by atoms with van der Waals surface area (Å²) in [7, 11) is 0. The summed E-state index contributed by atoms with van der Waals surface area (Å²) in [5, 5.41) is 29.6. The molecule has 0 aliphatic rings. The first-order valence-electron chi connectivity index (χ1n) is 2.21. The Hall–Kier alpha value is -0.977. The quantitative estimate of drug-likeness (QED) is 0.305. The van der Waals surface area contributed by atoms with Crippen molar-refractivity contribution in [3.63, 3.8) is 0 Å². The molecule has 0 heterocycles. The van der Waals surface area contributed by atoms with Crippen molar-refractivity contribution in [2.45, 2.75) is 0 Å². The van der Waals surface area contributed by atoms with E-state index in [4.69, 9.17) is 39.6 Å². The third kappa shape index (κ3) is 22.5. The molecule has 0 fully saturated rings. The monoisotopic (exact) mass is 299 g/mol. The predicted octanol–water partition coefficient (Wildman–Crippen LogP) is -1.69. The van der Waals surface area contributed by atoms with E-state index in [9.17, 15) is 0 Å². The van der Waals surface area contributed by atoms with Gasteiger partial charge >= 0.3 is 23.9 Å². The first-order chi connectivity index (χ1) is 5.29. The minimum atomic E-state index is -1.82. The molecule has 0 rings (SSSR count). The molecule has 0 amide bonds. The molecule has 0 unspecified atom stereocenters. The maximum atomic E-state index is 9.10. The summed E-state index contributed by atoms with van der Waals surface area (Å²) < 4.78 is 0. The van der Waals surface area contributed by atoms with Crippen molar-refractivity contribution in [3.05, 3.63) is 0 Å². The molecule has 0 spiro atoms. The maximum Gasteiger partial charge on any atom is 0.414 e. The second kappa shape index (κ2) is 12.0. The zero-order chi connectivity index (χ0) is 10.3. The van der Waals surface area contributed by atoms with Crippen LogP contribution in [-0.2, 0) is 55.7 Å². The molecule has 0 saturated heterocycles. The Morgan fingerprint density at radius 1 is 0.571 bits per heavy atom. The molecule has 77 valence electrons. The van der Waals surface area contributed by atoms with Crippen LogP contribution in [0, 0.1) is 0 Å². The molecule has 0 saturated carbocycles. The van der Waals surface area contributed by atoms with Crippen LogP contribution in [0.2, 0.25) is 0 Å². The van der Waals surface area contributed by atoms with Gasteiger partial charge in [-0.15, -0.1) is 0 Å². The SMILES string of the molecule is O=C(O)C(=O)O.O=C(O)C(=O)O.[Mn].[Zn]. The minimum Gasteiger partial charge on any atom is -0.473 e. The average molecular weight is 300 g/mol. The normalized spacial score (nSPS) is 6.29. The molecule has 0 atom stereocenters. The van der Waals surface area contributed by atoms with Crippen molar-refractivity contribution < 1.29 is 76.2 Å². The van der Waals surface area contributed by atoms with Gasteiger partial charge in [0.05, 0.1) is 0 Å². The Kier molecular flexibility index (Phi) is 19.9. The molecule has 4 N–H and O–H groups in total. The average Bonchev–Trinajstić information content (AvgIpc) is 1.88. The van der Waals surface area contributed by atoms with Crippen LogP contribution in [0.3, 0.4) is 0 Å². The standard InChI is InChI=1S/2C2H2O4.Mn.Zn/c2*3-1(4)2(5)6;;/h2*(H,3,4)(H,5,6);;. The van der Waals surface area contributed by atoms with Gasteiger partial charge in [-0.3, -0.25) is 0 Å². The van der Waals surface area contributed by atoms with Gasteiger partial charge in [-0.2, -0.15) is 0 Å². The third-order valence-corrected chi connectivity index (χ3v) is 0.366. The number of carboxylic acid groups (broad SMARTS) is 4. The van der Waals surface area contributed by atoms with Crippen LogP contribution < -0.4 is 0 Å². The van der Waals surface area contributed by atoms with Gasteiger partial charge in [0.2, 0.25) is 0 Å². The molecule has 0 aliphatic carbocycles. The summed E-state index contributed by atoms with van der Waals surface area (Å²) in [6.45, 7) is 0. The van der Waals surface area contributed by atoms with Gasteiger partial charge in [0.15, 0.2) is 0 Å². The second-order valence-corrected chi connectivity index (χ2v) is 1.22. The molecule has 0 aromatic heterocycles. The molecule has 10 heteroatoms. The second-order valence-electron chi connectivity index (χ2n) is 1.22. The summed E-state index contributed by atoms with van der Waals surface area (Å²) in [5.41, 5.74) is 0. The molecule has 0 aromatic rings. The number of carboxylic acids is 4. The number of aliphatic carboxylic acids is 4. The van der Waals surface area contributed by atoms with E-state index < -0.39 is 23.9 Å². The zero-order valence-corrected chi connectivity index (χ0v) is 10.7. The Bertz CT molecular complexity index is 177. The van der Waals surface area contributed by atoms with Crippen LogP contribution in [0.5, 0.6) is 0 Å². The van der Waals surface area contributed by atoms with Crippen molar-refractivity contribution in [2.75, 3.05) is 0 Å². The van der Waals surface area contributed by atoms with Gasteiger partial charge in [-0.1, -0.05) is 0 Å². The zero-order valence-electron chi connectivity index (χ0n) is 6.51. The number of hydrogen-bond acceptors (Lipinski definition) is 4. The molecular formula is C4H4MnO8Zn. The van der Waals surface area contributed by atoms with Crippen LogP contribution in [-0.4, -0.2) is 44.3 Å². The van der Waals surface area contributed by atoms with Crippen LogP contribution in [0.4, 0.5) is 0 Å². The van der Waals surface area contributed by atoms with Crippen LogP contribution in [0.15, 0.2) is 0 Å². The van der Waals surface area contributed by atoms with Crippen molar-refractivity contribution in [1.82, 2.24) is 0 Å². The first kappa shape index (κ1) is 23.1. The Labute approximate surface area is 100 Å². The number of carbonyl (C=O) groups is 4. The molecule has 0 aliphatic heterocycles. The van der Waals surface area contributed by atoms with Crippen LogP contribution in [0.25, 0.3) is 0 Å². The summed E-state index contributed by atoms with van der Waals surface area (Å²) in [4.78, 5) is 36.4. The van der Waals surface area contributed by atoms with E-state index in [0.29, 0.717) is 0 Å². The van der Waals surface area contributed by atoms with E-state index in [1.54, 1.807) is 0 Å². The van der Waals surface area contributed by atoms with Crippen LogP contribution >= 0.6 is 0 Å². The molecule has 8 nitrogen and oxygen atoms in total. The molecule has 0 aromatic carbocycles. The van der Waals surface area contributed by atoms with E-state index >= 15 is 0 Å². The Morgan fingerprint density at radius 3 is 0.643 bits per heavy atom. The largest absolute Gasteiger partial charge is 0.473 e. The summed E-state index contributed by atoms with van der Waals surface area (Å²) >= 11 is 0. The predicted molar refractivity (Wildman–Crippen MR) is 30.5 cm³/mol. The topological polar surface area (TPSA) is 149 Å². The smallest absolute Gasteiger partial charge is 0.414 e. The van der Waals surface area contributed by atoms with Crippen molar-refractivity contribution in [2.24, 2.45) is 0 Å². The van der Waals surface area contributed by atoms with Crippen molar-refractivity contribution >= 4 is 23.9 Å². The van der Waals surface area contributed by atoms with E-state index in [2.05, 4.69) is 0 Å². The minimum absolute atomic E-state index is 0. The molecular weight excluding hydrogens is 296 g/mol. The van der Waals surface area contributed by atoms with Gasteiger partial charge < -0.3 is 20.4 Å². The van der Waals surface area contributed by atoms with E-state index in [0.717, 1.165) is 0 Å². The number of rotatable bonds is 0. The molecule has 1 radical (unpaired) electrons. The first-order valence-corrected chi connectivity index (χ1v) is 2.21. The number of hydrogen-bond donors (Lipinski definition) is 4. The summed E-state index contributed by atoms with van der Waals surface area (Å²) in [5.74, 6) is -7.30. The van der Waals surface area contributed by atoms with Gasteiger partial charge in [0.25, 0.3) is 0 Å². The fraction of sp³-hybridized carbons (Fsp3) is 0.